The number of hydrogen-bond acceptors (Lipinski definition) is 3. The van der Waals surface area contributed by atoms with Crippen molar-refractivity contribution in [3.8, 4) is 5.75 Å². The van der Waals surface area contributed by atoms with E-state index in [0.717, 1.165) is 11.4 Å². The molecule has 0 amide bonds. The van der Waals surface area contributed by atoms with Crippen molar-refractivity contribution in [2.75, 3.05) is 24.9 Å². The molecule has 1 aromatic carbocycles. The van der Waals surface area contributed by atoms with Gasteiger partial charge in [0.2, 0.25) is 0 Å². The standard InChI is InChI=1S/C12H19NOS/c1-9(2)10-5-6-12(14-4)11(7-10)13(3)8-15/h5-7,9,15H,8H2,1-4H3. The van der Waals surface area contributed by atoms with E-state index in [1.807, 2.05) is 13.1 Å². The third kappa shape index (κ3) is 2.81. The quantitative estimate of drug-likeness (QED) is 0.624. The highest BCUT2D eigenvalue weighted by atomic mass is 32.1. The molecule has 1 rings (SSSR count). The summed E-state index contributed by atoms with van der Waals surface area (Å²) in [6.07, 6.45) is 0. The predicted octanol–water partition coefficient (Wildman–Crippen LogP) is 3.14. The number of benzene rings is 1. The van der Waals surface area contributed by atoms with Crippen LogP contribution in [0.3, 0.4) is 0 Å². The third-order valence-corrected chi connectivity index (χ3v) is 2.92. The molecule has 84 valence electrons. The van der Waals surface area contributed by atoms with E-state index in [4.69, 9.17) is 4.74 Å². The zero-order valence-corrected chi connectivity index (χ0v) is 10.7. The van der Waals surface area contributed by atoms with E-state index in [0.29, 0.717) is 11.8 Å². The Hall–Kier alpha value is -0.830. The van der Waals surface area contributed by atoms with Gasteiger partial charge in [0.25, 0.3) is 0 Å². The van der Waals surface area contributed by atoms with Crippen LogP contribution in [0, 0.1) is 0 Å². The van der Waals surface area contributed by atoms with E-state index in [-0.39, 0.29) is 0 Å². The maximum absolute atomic E-state index is 5.33. The fourth-order valence-electron chi connectivity index (χ4n) is 1.44. The van der Waals surface area contributed by atoms with Crippen molar-refractivity contribution in [1.29, 1.82) is 0 Å². The first-order valence-electron chi connectivity index (χ1n) is 5.10. The molecular formula is C12H19NOS. The first-order chi connectivity index (χ1) is 7.10. The van der Waals surface area contributed by atoms with Crippen LogP contribution < -0.4 is 9.64 Å². The van der Waals surface area contributed by atoms with E-state index in [2.05, 4.69) is 43.5 Å². The summed E-state index contributed by atoms with van der Waals surface area (Å²) in [6.45, 7) is 4.37. The summed E-state index contributed by atoms with van der Waals surface area (Å²) < 4.78 is 5.33. The second-order valence-electron chi connectivity index (χ2n) is 3.93. The number of thiol groups is 1. The molecular weight excluding hydrogens is 206 g/mol. The van der Waals surface area contributed by atoms with Gasteiger partial charge >= 0.3 is 0 Å². The summed E-state index contributed by atoms with van der Waals surface area (Å²) in [5.74, 6) is 2.11. The lowest BCUT2D eigenvalue weighted by Gasteiger charge is -2.21. The van der Waals surface area contributed by atoms with E-state index in [9.17, 15) is 0 Å². The molecule has 0 aliphatic rings. The van der Waals surface area contributed by atoms with Gasteiger partial charge in [-0.15, -0.1) is 0 Å². The second kappa shape index (κ2) is 5.31. The molecule has 0 spiro atoms. The van der Waals surface area contributed by atoms with Crippen molar-refractivity contribution >= 4 is 18.3 Å². The first kappa shape index (κ1) is 12.2. The Morgan fingerprint density at radius 3 is 2.53 bits per heavy atom. The smallest absolute Gasteiger partial charge is 0.142 e. The van der Waals surface area contributed by atoms with E-state index < -0.39 is 0 Å². The van der Waals surface area contributed by atoms with Crippen LogP contribution >= 0.6 is 12.6 Å². The van der Waals surface area contributed by atoms with Gasteiger partial charge < -0.3 is 9.64 Å². The third-order valence-electron chi connectivity index (χ3n) is 2.49. The van der Waals surface area contributed by atoms with Crippen LogP contribution in [0.2, 0.25) is 0 Å². The molecule has 0 atom stereocenters. The molecule has 0 aliphatic carbocycles. The molecule has 0 fully saturated rings. The summed E-state index contributed by atoms with van der Waals surface area (Å²) in [5, 5.41) is 0. The Morgan fingerprint density at radius 2 is 2.07 bits per heavy atom. The molecule has 0 saturated carbocycles. The van der Waals surface area contributed by atoms with Gasteiger partial charge in [0.15, 0.2) is 0 Å². The molecule has 1 aromatic rings. The molecule has 0 aromatic heterocycles. The average Bonchev–Trinajstić information content (AvgIpc) is 2.27. The molecule has 0 bridgehead atoms. The Kier molecular flexibility index (Phi) is 4.33. The van der Waals surface area contributed by atoms with Gasteiger partial charge in [0.1, 0.15) is 5.75 Å². The molecule has 0 aliphatic heterocycles. The van der Waals surface area contributed by atoms with Crippen LogP contribution in [-0.4, -0.2) is 20.0 Å². The maximum Gasteiger partial charge on any atom is 0.142 e. The lowest BCUT2D eigenvalue weighted by Crippen LogP contribution is -2.15. The van der Waals surface area contributed by atoms with Crippen LogP contribution in [0.5, 0.6) is 5.75 Å². The van der Waals surface area contributed by atoms with E-state index in [1.54, 1.807) is 7.11 Å². The molecule has 3 heteroatoms. The van der Waals surface area contributed by atoms with Crippen LogP contribution in [-0.2, 0) is 0 Å². The van der Waals surface area contributed by atoms with Crippen LogP contribution in [0.25, 0.3) is 0 Å². The van der Waals surface area contributed by atoms with Crippen molar-refractivity contribution in [1.82, 2.24) is 0 Å². The first-order valence-corrected chi connectivity index (χ1v) is 5.73. The van der Waals surface area contributed by atoms with E-state index >= 15 is 0 Å². The lowest BCUT2D eigenvalue weighted by atomic mass is 10.0. The fourth-order valence-corrected chi connectivity index (χ4v) is 1.59. The maximum atomic E-state index is 5.33. The van der Waals surface area contributed by atoms with Gasteiger partial charge in [-0.2, -0.15) is 12.6 Å². The SMILES string of the molecule is COc1ccc(C(C)C)cc1N(C)CS. The largest absolute Gasteiger partial charge is 0.495 e. The van der Waals surface area contributed by atoms with Crippen molar-refractivity contribution in [3.63, 3.8) is 0 Å². The zero-order chi connectivity index (χ0) is 11.4. The molecule has 0 heterocycles. The molecule has 0 N–H and O–H groups in total. The van der Waals surface area contributed by atoms with Gasteiger partial charge in [-0.1, -0.05) is 19.9 Å². The van der Waals surface area contributed by atoms with Gasteiger partial charge in [-0.25, -0.2) is 0 Å². The monoisotopic (exact) mass is 225 g/mol. The minimum Gasteiger partial charge on any atom is -0.495 e. The predicted molar refractivity (Wildman–Crippen MR) is 69.3 cm³/mol. The number of nitrogens with zero attached hydrogens (tertiary/aromatic N) is 1. The van der Waals surface area contributed by atoms with Crippen molar-refractivity contribution < 1.29 is 4.74 Å². The topological polar surface area (TPSA) is 12.5 Å². The summed E-state index contributed by atoms with van der Waals surface area (Å²) in [7, 11) is 3.70. The molecule has 0 saturated heterocycles. The van der Waals surface area contributed by atoms with Gasteiger partial charge in [0, 0.05) is 7.05 Å². The fraction of sp³-hybridized carbons (Fsp3) is 0.500. The summed E-state index contributed by atoms with van der Waals surface area (Å²) in [6, 6.07) is 6.30. The molecule has 0 radical (unpaired) electrons. The van der Waals surface area contributed by atoms with Crippen molar-refractivity contribution in [3.05, 3.63) is 23.8 Å². The Labute approximate surface area is 97.6 Å². The molecule has 0 unspecified atom stereocenters. The second-order valence-corrected chi connectivity index (χ2v) is 4.21. The van der Waals surface area contributed by atoms with Crippen LogP contribution in [0.15, 0.2) is 18.2 Å². The molecule has 2 nitrogen and oxygen atoms in total. The number of ether oxygens (including phenoxy) is 1. The molecule has 15 heavy (non-hydrogen) atoms. The van der Waals surface area contributed by atoms with Crippen LogP contribution in [0.4, 0.5) is 5.69 Å². The van der Waals surface area contributed by atoms with Gasteiger partial charge in [-0.3, -0.25) is 0 Å². The number of anilines is 1. The average molecular weight is 225 g/mol. The van der Waals surface area contributed by atoms with Crippen molar-refractivity contribution in [2.45, 2.75) is 19.8 Å². The number of methoxy groups -OCH3 is 1. The highest BCUT2D eigenvalue weighted by Gasteiger charge is 2.09. The normalized spacial score (nSPS) is 10.5. The van der Waals surface area contributed by atoms with Gasteiger partial charge in [0.05, 0.1) is 18.7 Å². The lowest BCUT2D eigenvalue weighted by molar-refractivity contribution is 0.415. The minimum atomic E-state index is 0.531. The van der Waals surface area contributed by atoms with Gasteiger partial charge in [-0.05, 0) is 23.6 Å². The highest BCUT2D eigenvalue weighted by Crippen LogP contribution is 2.31. The summed E-state index contributed by atoms with van der Waals surface area (Å²) in [5.41, 5.74) is 2.41. The number of hydrogen-bond donors (Lipinski definition) is 1. The summed E-state index contributed by atoms with van der Waals surface area (Å²) >= 11 is 4.27. The Bertz CT molecular complexity index is 325. The Morgan fingerprint density at radius 1 is 1.40 bits per heavy atom. The highest BCUT2D eigenvalue weighted by molar-refractivity contribution is 7.80. The van der Waals surface area contributed by atoms with Crippen molar-refractivity contribution in [2.24, 2.45) is 0 Å². The summed E-state index contributed by atoms with van der Waals surface area (Å²) in [4.78, 5) is 2.06. The van der Waals surface area contributed by atoms with Crippen LogP contribution in [0.1, 0.15) is 25.3 Å². The minimum absolute atomic E-state index is 0.531. The van der Waals surface area contributed by atoms with E-state index in [1.165, 1.54) is 5.56 Å². The zero-order valence-electron chi connectivity index (χ0n) is 9.82. The number of rotatable bonds is 4. The Balaban J connectivity index is 3.13.